The predicted octanol–water partition coefficient (Wildman–Crippen LogP) is 1.18. The van der Waals surface area contributed by atoms with Crippen LogP contribution in [0.3, 0.4) is 0 Å². The SMILES string of the molecule is CS(=O)c1ccsc1C(=O)O. The molecule has 1 heterocycles. The van der Waals surface area contributed by atoms with Gasteiger partial charge in [-0.05, 0) is 11.4 Å². The van der Waals surface area contributed by atoms with Crippen LogP contribution in [0.15, 0.2) is 16.3 Å². The van der Waals surface area contributed by atoms with Gasteiger partial charge in [0.05, 0.1) is 15.7 Å². The third-order valence-electron chi connectivity index (χ3n) is 1.13. The zero-order valence-corrected chi connectivity index (χ0v) is 7.37. The molecular formula is C6H6O3S2. The van der Waals surface area contributed by atoms with E-state index in [0.29, 0.717) is 4.90 Å². The van der Waals surface area contributed by atoms with E-state index in [4.69, 9.17) is 5.11 Å². The van der Waals surface area contributed by atoms with Gasteiger partial charge in [0.15, 0.2) is 0 Å². The van der Waals surface area contributed by atoms with Gasteiger partial charge in [-0.15, -0.1) is 11.3 Å². The van der Waals surface area contributed by atoms with Gasteiger partial charge in [-0.2, -0.15) is 0 Å². The van der Waals surface area contributed by atoms with Crippen LogP contribution in [0, 0.1) is 0 Å². The maximum absolute atomic E-state index is 10.9. The Morgan fingerprint density at radius 1 is 1.73 bits per heavy atom. The highest BCUT2D eigenvalue weighted by atomic mass is 32.2. The number of carboxylic acid groups (broad SMARTS) is 1. The van der Waals surface area contributed by atoms with E-state index in [9.17, 15) is 9.00 Å². The van der Waals surface area contributed by atoms with E-state index in [2.05, 4.69) is 0 Å². The van der Waals surface area contributed by atoms with Crippen LogP contribution in [0.1, 0.15) is 9.67 Å². The van der Waals surface area contributed by atoms with Crippen molar-refractivity contribution >= 4 is 28.1 Å². The van der Waals surface area contributed by atoms with Crippen molar-refractivity contribution in [2.24, 2.45) is 0 Å². The number of aromatic carboxylic acids is 1. The summed E-state index contributed by atoms with van der Waals surface area (Å²) in [4.78, 5) is 11.0. The van der Waals surface area contributed by atoms with E-state index in [1.54, 1.807) is 11.4 Å². The van der Waals surface area contributed by atoms with Crippen molar-refractivity contribution < 1.29 is 14.1 Å². The molecule has 0 aliphatic rings. The Balaban J connectivity index is 3.16. The van der Waals surface area contributed by atoms with Crippen molar-refractivity contribution in [1.82, 2.24) is 0 Å². The van der Waals surface area contributed by atoms with Crippen molar-refractivity contribution in [2.45, 2.75) is 4.90 Å². The Kier molecular flexibility index (Phi) is 2.41. The normalized spacial score (nSPS) is 12.8. The zero-order valence-electron chi connectivity index (χ0n) is 5.73. The molecule has 0 saturated heterocycles. The molecule has 0 aliphatic heterocycles. The summed E-state index contributed by atoms with van der Waals surface area (Å²) in [7, 11) is -1.20. The third-order valence-corrected chi connectivity index (χ3v) is 3.12. The minimum atomic E-state index is -1.20. The van der Waals surface area contributed by atoms with E-state index in [1.165, 1.54) is 6.26 Å². The summed E-state index contributed by atoms with van der Waals surface area (Å²) in [5.74, 6) is -1.01. The van der Waals surface area contributed by atoms with Gasteiger partial charge in [-0.3, -0.25) is 4.21 Å². The third kappa shape index (κ3) is 1.66. The molecule has 0 bridgehead atoms. The molecule has 1 aromatic rings. The molecular weight excluding hydrogens is 184 g/mol. The Morgan fingerprint density at radius 2 is 2.36 bits per heavy atom. The highest BCUT2D eigenvalue weighted by Crippen LogP contribution is 2.19. The summed E-state index contributed by atoms with van der Waals surface area (Å²) in [5.41, 5.74) is 0. The van der Waals surface area contributed by atoms with Crippen molar-refractivity contribution in [3.8, 4) is 0 Å². The van der Waals surface area contributed by atoms with Crippen molar-refractivity contribution in [2.75, 3.05) is 6.26 Å². The summed E-state index contributed by atoms with van der Waals surface area (Å²) < 4.78 is 10.9. The maximum Gasteiger partial charge on any atom is 0.347 e. The predicted molar refractivity (Wildman–Crippen MR) is 43.6 cm³/mol. The molecule has 0 radical (unpaired) electrons. The number of thiophene rings is 1. The number of hydrogen-bond donors (Lipinski definition) is 1. The Morgan fingerprint density at radius 3 is 2.73 bits per heavy atom. The molecule has 1 aromatic heterocycles. The van der Waals surface area contributed by atoms with Crippen molar-refractivity contribution in [1.29, 1.82) is 0 Å². The number of carboxylic acids is 1. The van der Waals surface area contributed by atoms with E-state index in [0.717, 1.165) is 11.3 Å². The highest BCUT2D eigenvalue weighted by molar-refractivity contribution is 7.84. The van der Waals surface area contributed by atoms with E-state index in [1.807, 2.05) is 0 Å². The molecule has 0 fully saturated rings. The highest BCUT2D eigenvalue weighted by Gasteiger charge is 2.13. The van der Waals surface area contributed by atoms with Crippen LogP contribution < -0.4 is 0 Å². The lowest BCUT2D eigenvalue weighted by Crippen LogP contribution is -1.98. The molecule has 0 aromatic carbocycles. The molecule has 1 N–H and O–H groups in total. The standard InChI is InChI=1S/C6H6O3S2/c1-11(9)4-2-3-10-5(4)6(7)8/h2-3H,1H3,(H,7,8). The van der Waals surface area contributed by atoms with E-state index < -0.39 is 16.8 Å². The molecule has 60 valence electrons. The number of hydrogen-bond acceptors (Lipinski definition) is 3. The molecule has 3 nitrogen and oxygen atoms in total. The second-order valence-electron chi connectivity index (χ2n) is 1.87. The zero-order chi connectivity index (χ0) is 8.43. The molecule has 1 unspecified atom stereocenters. The Hall–Kier alpha value is -0.680. The Labute approximate surface area is 70.1 Å². The van der Waals surface area contributed by atoms with Gasteiger partial charge in [-0.25, -0.2) is 4.79 Å². The quantitative estimate of drug-likeness (QED) is 0.762. The smallest absolute Gasteiger partial charge is 0.347 e. The molecule has 5 heteroatoms. The second kappa shape index (κ2) is 3.15. The average molecular weight is 190 g/mol. The fourth-order valence-electron chi connectivity index (χ4n) is 0.680. The molecule has 1 rings (SSSR count). The minimum Gasteiger partial charge on any atom is -0.477 e. The first kappa shape index (κ1) is 8.42. The minimum absolute atomic E-state index is 0.172. The topological polar surface area (TPSA) is 54.4 Å². The summed E-state index contributed by atoms with van der Waals surface area (Å²) in [6.45, 7) is 0. The summed E-state index contributed by atoms with van der Waals surface area (Å²) in [5, 5.41) is 10.2. The summed E-state index contributed by atoms with van der Waals surface area (Å²) >= 11 is 1.09. The van der Waals surface area contributed by atoms with Gasteiger partial charge in [0.2, 0.25) is 0 Å². The van der Waals surface area contributed by atoms with Gasteiger partial charge in [0.25, 0.3) is 0 Å². The Bertz CT molecular complexity index is 274. The number of rotatable bonds is 2. The molecule has 1 atom stereocenters. The summed E-state index contributed by atoms with van der Waals surface area (Å²) in [6.07, 6.45) is 1.47. The van der Waals surface area contributed by atoms with Crippen LogP contribution in [0.2, 0.25) is 0 Å². The van der Waals surface area contributed by atoms with Crippen LogP contribution in [0.4, 0.5) is 0 Å². The van der Waals surface area contributed by atoms with Crippen LogP contribution in [-0.4, -0.2) is 21.5 Å². The van der Waals surface area contributed by atoms with Crippen LogP contribution >= 0.6 is 11.3 Å². The van der Waals surface area contributed by atoms with E-state index in [-0.39, 0.29) is 4.88 Å². The van der Waals surface area contributed by atoms with Gasteiger partial charge in [0, 0.05) is 6.26 Å². The fraction of sp³-hybridized carbons (Fsp3) is 0.167. The molecule has 0 aliphatic carbocycles. The lowest BCUT2D eigenvalue weighted by atomic mass is 10.5. The first-order valence-electron chi connectivity index (χ1n) is 2.77. The van der Waals surface area contributed by atoms with Crippen LogP contribution in [0.25, 0.3) is 0 Å². The van der Waals surface area contributed by atoms with Gasteiger partial charge >= 0.3 is 5.97 Å². The van der Waals surface area contributed by atoms with Crippen LogP contribution in [0.5, 0.6) is 0 Å². The van der Waals surface area contributed by atoms with Crippen molar-refractivity contribution in [3.63, 3.8) is 0 Å². The van der Waals surface area contributed by atoms with E-state index >= 15 is 0 Å². The van der Waals surface area contributed by atoms with Crippen LogP contribution in [-0.2, 0) is 10.8 Å². The fourth-order valence-corrected chi connectivity index (χ4v) is 2.50. The average Bonchev–Trinajstić information content (AvgIpc) is 2.32. The lowest BCUT2D eigenvalue weighted by molar-refractivity contribution is 0.0698. The second-order valence-corrected chi connectivity index (χ2v) is 4.14. The summed E-state index contributed by atoms with van der Waals surface area (Å²) in [6, 6.07) is 1.57. The lowest BCUT2D eigenvalue weighted by Gasteiger charge is -1.92. The van der Waals surface area contributed by atoms with Crippen molar-refractivity contribution in [3.05, 3.63) is 16.3 Å². The maximum atomic E-state index is 10.9. The van der Waals surface area contributed by atoms with Gasteiger partial charge in [-0.1, -0.05) is 0 Å². The molecule has 0 saturated carbocycles. The monoisotopic (exact) mass is 190 g/mol. The first-order valence-corrected chi connectivity index (χ1v) is 5.21. The molecule has 0 spiro atoms. The first-order chi connectivity index (χ1) is 5.13. The number of carbonyl (C=O) groups is 1. The van der Waals surface area contributed by atoms with Gasteiger partial charge in [0.1, 0.15) is 4.88 Å². The molecule has 0 amide bonds. The molecule has 11 heavy (non-hydrogen) atoms. The largest absolute Gasteiger partial charge is 0.477 e. The van der Waals surface area contributed by atoms with Gasteiger partial charge < -0.3 is 5.11 Å².